The number of aromatic nitrogens is 4. The molecule has 31 heavy (non-hydrogen) atoms. The topological polar surface area (TPSA) is 120 Å². The van der Waals surface area contributed by atoms with E-state index in [4.69, 9.17) is 9.47 Å². The SMILES string of the molecule is Cc1nc(NC(=O)NC(=O)C2(C)COC2)ccc1Oc1ccnc(-c2cnn(C)c2)c1. The van der Waals surface area contributed by atoms with E-state index in [1.807, 2.05) is 19.3 Å². The number of ether oxygens (including phenoxy) is 2. The molecule has 0 aromatic carbocycles. The van der Waals surface area contributed by atoms with Crippen LogP contribution in [0, 0.1) is 12.3 Å². The number of nitrogens with zero attached hydrogens (tertiary/aromatic N) is 4. The van der Waals surface area contributed by atoms with Crippen LogP contribution in [-0.4, -0.2) is 44.9 Å². The summed E-state index contributed by atoms with van der Waals surface area (Å²) in [5.41, 5.74) is 1.52. The normalized spacial score (nSPS) is 14.4. The van der Waals surface area contributed by atoms with Crippen molar-refractivity contribution in [1.29, 1.82) is 0 Å². The summed E-state index contributed by atoms with van der Waals surface area (Å²) in [5.74, 6) is 1.05. The zero-order chi connectivity index (χ0) is 22.0. The molecule has 3 aromatic rings. The smallest absolute Gasteiger partial charge is 0.327 e. The van der Waals surface area contributed by atoms with Crippen LogP contribution in [0.5, 0.6) is 11.5 Å². The fourth-order valence-electron chi connectivity index (χ4n) is 2.98. The molecule has 0 spiro atoms. The third-order valence-electron chi connectivity index (χ3n) is 4.86. The summed E-state index contributed by atoms with van der Waals surface area (Å²) in [7, 11) is 1.84. The van der Waals surface area contributed by atoms with E-state index >= 15 is 0 Å². The van der Waals surface area contributed by atoms with Crippen molar-refractivity contribution < 1.29 is 19.1 Å². The zero-order valence-electron chi connectivity index (χ0n) is 17.4. The van der Waals surface area contributed by atoms with Gasteiger partial charge in [-0.1, -0.05) is 0 Å². The lowest BCUT2D eigenvalue weighted by molar-refractivity contribution is -0.156. The molecule has 0 aliphatic carbocycles. The van der Waals surface area contributed by atoms with E-state index in [1.54, 1.807) is 49.1 Å². The Balaban J connectivity index is 1.41. The number of urea groups is 1. The van der Waals surface area contributed by atoms with E-state index < -0.39 is 11.4 Å². The maximum Gasteiger partial charge on any atom is 0.327 e. The Morgan fingerprint density at radius 1 is 1.26 bits per heavy atom. The molecule has 1 aliphatic heterocycles. The number of pyridine rings is 2. The predicted octanol–water partition coefficient (Wildman–Crippen LogP) is 2.66. The number of nitrogens with one attached hydrogen (secondary N) is 2. The van der Waals surface area contributed by atoms with Crippen LogP contribution >= 0.6 is 0 Å². The number of aryl methyl sites for hydroxylation is 2. The van der Waals surface area contributed by atoms with Crippen LogP contribution in [0.15, 0.2) is 42.9 Å². The molecule has 0 atom stereocenters. The van der Waals surface area contributed by atoms with Crippen molar-refractivity contribution in [3.8, 4) is 22.8 Å². The van der Waals surface area contributed by atoms with Crippen molar-refractivity contribution in [2.45, 2.75) is 13.8 Å². The van der Waals surface area contributed by atoms with Gasteiger partial charge in [0.1, 0.15) is 17.3 Å². The summed E-state index contributed by atoms with van der Waals surface area (Å²) in [5, 5.41) is 9.03. The van der Waals surface area contributed by atoms with Crippen molar-refractivity contribution in [2.75, 3.05) is 18.5 Å². The highest BCUT2D eigenvalue weighted by atomic mass is 16.5. The minimum absolute atomic E-state index is 0.299. The first kappa shape index (κ1) is 20.5. The number of carbonyl (C=O) groups is 2. The van der Waals surface area contributed by atoms with Gasteiger partial charge in [-0.15, -0.1) is 0 Å². The average molecular weight is 422 g/mol. The van der Waals surface area contributed by atoms with Crippen molar-refractivity contribution >= 4 is 17.8 Å². The van der Waals surface area contributed by atoms with Crippen molar-refractivity contribution in [3.05, 3.63) is 48.5 Å². The molecular weight excluding hydrogens is 400 g/mol. The molecule has 0 radical (unpaired) electrons. The van der Waals surface area contributed by atoms with E-state index in [2.05, 4.69) is 25.7 Å². The van der Waals surface area contributed by atoms with Crippen LogP contribution in [0.25, 0.3) is 11.3 Å². The molecule has 0 bridgehead atoms. The molecule has 10 nitrogen and oxygen atoms in total. The molecule has 1 fully saturated rings. The van der Waals surface area contributed by atoms with E-state index in [0.29, 0.717) is 36.2 Å². The van der Waals surface area contributed by atoms with Gasteiger partial charge in [0.15, 0.2) is 0 Å². The van der Waals surface area contributed by atoms with Crippen LogP contribution < -0.4 is 15.4 Å². The first-order valence-electron chi connectivity index (χ1n) is 9.63. The molecule has 0 unspecified atom stereocenters. The van der Waals surface area contributed by atoms with Crippen LogP contribution in [-0.2, 0) is 16.6 Å². The van der Waals surface area contributed by atoms with Gasteiger partial charge < -0.3 is 9.47 Å². The van der Waals surface area contributed by atoms with Crippen LogP contribution in [0.3, 0.4) is 0 Å². The minimum atomic E-state index is -0.669. The van der Waals surface area contributed by atoms with Gasteiger partial charge in [0.05, 0.1) is 36.2 Å². The molecule has 2 N–H and O–H groups in total. The molecule has 4 heterocycles. The third-order valence-corrected chi connectivity index (χ3v) is 4.86. The maximum absolute atomic E-state index is 12.1. The zero-order valence-corrected chi connectivity index (χ0v) is 17.4. The Hall–Kier alpha value is -3.79. The molecule has 0 saturated carbocycles. The van der Waals surface area contributed by atoms with E-state index in [1.165, 1.54) is 0 Å². The second-order valence-electron chi connectivity index (χ2n) is 7.62. The van der Waals surface area contributed by atoms with Gasteiger partial charge in [0, 0.05) is 31.1 Å². The fraction of sp³-hybridized carbons (Fsp3) is 0.286. The quantitative estimate of drug-likeness (QED) is 0.648. The van der Waals surface area contributed by atoms with Crippen LogP contribution in [0.2, 0.25) is 0 Å². The van der Waals surface area contributed by atoms with Crippen molar-refractivity contribution in [3.63, 3.8) is 0 Å². The predicted molar refractivity (Wildman–Crippen MR) is 112 cm³/mol. The summed E-state index contributed by atoms with van der Waals surface area (Å²) >= 11 is 0. The number of rotatable bonds is 5. The number of anilines is 1. The molecule has 3 amide bonds. The molecule has 4 rings (SSSR count). The van der Waals surface area contributed by atoms with Crippen LogP contribution in [0.4, 0.5) is 10.6 Å². The second-order valence-corrected chi connectivity index (χ2v) is 7.62. The van der Waals surface area contributed by atoms with Gasteiger partial charge in [-0.05, 0) is 32.0 Å². The van der Waals surface area contributed by atoms with E-state index in [-0.39, 0.29) is 5.91 Å². The van der Waals surface area contributed by atoms with Crippen LogP contribution in [0.1, 0.15) is 12.6 Å². The lowest BCUT2D eigenvalue weighted by Gasteiger charge is -2.35. The number of hydrogen-bond donors (Lipinski definition) is 2. The Kier molecular flexibility index (Phi) is 5.38. The standard InChI is InChI=1S/C21H22N6O4/c1-13-17(31-15-6-7-22-16(8-15)14-9-23-27(3)10-14)4-5-18(24-13)25-20(29)26-19(28)21(2)11-30-12-21/h4-10H,11-12H2,1-3H3,(H2,24,25,26,28,29). The lowest BCUT2D eigenvalue weighted by Crippen LogP contribution is -2.54. The van der Waals surface area contributed by atoms with E-state index in [0.717, 1.165) is 11.3 Å². The number of carbonyl (C=O) groups excluding carboxylic acids is 2. The molecule has 160 valence electrons. The van der Waals surface area contributed by atoms with E-state index in [9.17, 15) is 9.59 Å². The van der Waals surface area contributed by atoms with Crippen molar-refractivity contribution in [1.82, 2.24) is 25.1 Å². The first-order valence-corrected chi connectivity index (χ1v) is 9.63. The largest absolute Gasteiger partial charge is 0.455 e. The van der Waals surface area contributed by atoms with Crippen molar-refractivity contribution in [2.24, 2.45) is 12.5 Å². The second kappa shape index (κ2) is 8.15. The number of hydrogen-bond acceptors (Lipinski definition) is 7. The van der Waals surface area contributed by atoms with Gasteiger partial charge >= 0.3 is 6.03 Å². The fourth-order valence-corrected chi connectivity index (χ4v) is 2.98. The molecular formula is C21H22N6O4. The molecule has 1 saturated heterocycles. The summed E-state index contributed by atoms with van der Waals surface area (Å²) in [6.07, 6.45) is 5.26. The monoisotopic (exact) mass is 422 g/mol. The number of imide groups is 1. The van der Waals surface area contributed by atoms with Gasteiger partial charge in [0.2, 0.25) is 5.91 Å². The average Bonchev–Trinajstić information content (AvgIpc) is 3.14. The molecule has 3 aromatic heterocycles. The minimum Gasteiger partial charge on any atom is -0.455 e. The molecule has 10 heteroatoms. The Labute approximate surface area is 178 Å². The summed E-state index contributed by atoms with van der Waals surface area (Å²) in [6.45, 7) is 4.10. The Bertz CT molecular complexity index is 1140. The molecule has 1 aliphatic rings. The summed E-state index contributed by atoms with van der Waals surface area (Å²) < 4.78 is 12.7. The maximum atomic E-state index is 12.1. The Morgan fingerprint density at radius 2 is 2.06 bits per heavy atom. The first-order chi connectivity index (χ1) is 14.8. The van der Waals surface area contributed by atoms with Gasteiger partial charge in [0.25, 0.3) is 0 Å². The van der Waals surface area contributed by atoms with Gasteiger partial charge in [-0.3, -0.25) is 25.1 Å². The summed E-state index contributed by atoms with van der Waals surface area (Å²) in [4.78, 5) is 32.9. The van der Waals surface area contributed by atoms with Gasteiger partial charge in [-0.2, -0.15) is 5.10 Å². The Morgan fingerprint density at radius 3 is 2.71 bits per heavy atom. The van der Waals surface area contributed by atoms with Gasteiger partial charge in [-0.25, -0.2) is 9.78 Å². The summed E-state index contributed by atoms with van der Waals surface area (Å²) in [6, 6.07) is 6.21. The third kappa shape index (κ3) is 4.53. The highest BCUT2D eigenvalue weighted by Gasteiger charge is 2.41. The highest BCUT2D eigenvalue weighted by molar-refractivity contribution is 6.02. The highest BCUT2D eigenvalue weighted by Crippen LogP contribution is 2.28. The number of amides is 3. The lowest BCUT2D eigenvalue weighted by atomic mass is 9.88.